The number of hydrogen-bond acceptors (Lipinski definition) is 4. The Labute approximate surface area is 107 Å². The van der Waals surface area contributed by atoms with Gasteiger partial charge in [-0.15, -0.1) is 0 Å². The van der Waals surface area contributed by atoms with E-state index in [1.807, 2.05) is 0 Å². The lowest BCUT2D eigenvalue weighted by atomic mass is 10.2. The molecule has 0 saturated heterocycles. The maximum atomic E-state index is 11.5. The number of benzene rings is 1. The first-order valence-corrected chi connectivity index (χ1v) is 7.14. The van der Waals surface area contributed by atoms with E-state index in [1.54, 1.807) is 0 Å². The molecule has 6 heteroatoms. The molecule has 0 aliphatic rings. The van der Waals surface area contributed by atoms with Gasteiger partial charge in [-0.05, 0) is 30.7 Å². The predicted octanol–water partition coefficient (Wildman–Crippen LogP) is 2.28. The molecule has 0 unspecified atom stereocenters. The van der Waals surface area contributed by atoms with Crippen molar-refractivity contribution in [1.29, 1.82) is 0 Å². The summed E-state index contributed by atoms with van der Waals surface area (Å²) in [5.41, 5.74) is 0.263. The van der Waals surface area contributed by atoms with E-state index < -0.39 is 16.1 Å². The molecular weight excluding hydrogens is 256 g/mol. The Hall–Kier alpha value is -1.40. The third-order valence-electron chi connectivity index (χ3n) is 2.37. The molecule has 1 N–H and O–H groups in total. The molecule has 0 aliphatic carbocycles. The summed E-state index contributed by atoms with van der Waals surface area (Å²) < 4.78 is 35.4. The molecule has 0 amide bonds. The van der Waals surface area contributed by atoms with Gasteiger partial charge in [0.05, 0.1) is 17.1 Å². The number of carbonyl (C=O) groups excluding carboxylic acids is 1. The van der Waals surface area contributed by atoms with Crippen molar-refractivity contribution in [3.05, 3.63) is 29.8 Å². The van der Waals surface area contributed by atoms with Crippen molar-refractivity contribution < 1.29 is 22.5 Å². The molecule has 1 aromatic rings. The SMILES string of the molecule is CCCCCOC(=O)c1ccc(S(=O)(=O)O)cc1. The Morgan fingerprint density at radius 1 is 1.22 bits per heavy atom. The Morgan fingerprint density at radius 3 is 2.33 bits per heavy atom. The van der Waals surface area contributed by atoms with Crippen LogP contribution in [0.15, 0.2) is 29.2 Å². The molecular formula is C12H16O5S. The summed E-state index contributed by atoms with van der Waals surface area (Å²) >= 11 is 0. The molecule has 0 bridgehead atoms. The van der Waals surface area contributed by atoms with Crippen LogP contribution in [0.3, 0.4) is 0 Å². The number of ether oxygens (including phenoxy) is 1. The standard InChI is InChI=1S/C12H16O5S/c1-2-3-4-9-17-12(13)10-5-7-11(8-6-10)18(14,15)16/h5-8H,2-4,9H2,1H3,(H,14,15,16). The van der Waals surface area contributed by atoms with Crippen molar-refractivity contribution in [3.8, 4) is 0 Å². The van der Waals surface area contributed by atoms with Crippen LogP contribution in [0.5, 0.6) is 0 Å². The summed E-state index contributed by atoms with van der Waals surface area (Å²) in [6.07, 6.45) is 2.85. The van der Waals surface area contributed by atoms with Gasteiger partial charge >= 0.3 is 5.97 Å². The van der Waals surface area contributed by atoms with Gasteiger partial charge in [0, 0.05) is 0 Å². The maximum Gasteiger partial charge on any atom is 0.338 e. The fraction of sp³-hybridized carbons (Fsp3) is 0.417. The monoisotopic (exact) mass is 272 g/mol. The smallest absolute Gasteiger partial charge is 0.338 e. The van der Waals surface area contributed by atoms with E-state index >= 15 is 0 Å². The third kappa shape index (κ3) is 4.46. The van der Waals surface area contributed by atoms with E-state index in [4.69, 9.17) is 9.29 Å². The molecule has 0 heterocycles. The normalized spacial score (nSPS) is 11.2. The molecule has 100 valence electrons. The molecule has 1 rings (SSSR count). The van der Waals surface area contributed by atoms with Gasteiger partial charge in [-0.25, -0.2) is 4.79 Å². The van der Waals surface area contributed by atoms with Crippen LogP contribution in [0.2, 0.25) is 0 Å². The summed E-state index contributed by atoms with van der Waals surface area (Å²) in [6.45, 7) is 2.41. The number of unbranched alkanes of at least 4 members (excludes halogenated alkanes) is 2. The molecule has 0 atom stereocenters. The van der Waals surface area contributed by atoms with E-state index in [2.05, 4.69) is 6.92 Å². The van der Waals surface area contributed by atoms with Gasteiger partial charge in [0.1, 0.15) is 0 Å². The molecule has 0 fully saturated rings. The minimum Gasteiger partial charge on any atom is -0.462 e. The second kappa shape index (κ2) is 6.51. The zero-order chi connectivity index (χ0) is 13.6. The van der Waals surface area contributed by atoms with Gasteiger partial charge < -0.3 is 4.74 Å². The minimum absolute atomic E-state index is 0.245. The topological polar surface area (TPSA) is 80.7 Å². The van der Waals surface area contributed by atoms with Crippen LogP contribution in [0.25, 0.3) is 0 Å². The Kier molecular flexibility index (Phi) is 5.30. The second-order valence-electron chi connectivity index (χ2n) is 3.84. The number of rotatable bonds is 6. The van der Waals surface area contributed by atoms with Crippen molar-refractivity contribution in [2.75, 3.05) is 6.61 Å². The molecule has 1 aromatic carbocycles. The maximum absolute atomic E-state index is 11.5. The zero-order valence-corrected chi connectivity index (χ0v) is 10.9. The van der Waals surface area contributed by atoms with Crippen molar-refractivity contribution in [2.45, 2.75) is 31.1 Å². The van der Waals surface area contributed by atoms with Gasteiger partial charge in [0.2, 0.25) is 0 Å². The van der Waals surface area contributed by atoms with E-state index in [9.17, 15) is 13.2 Å². The van der Waals surface area contributed by atoms with Crippen LogP contribution < -0.4 is 0 Å². The fourth-order valence-electron chi connectivity index (χ4n) is 1.36. The van der Waals surface area contributed by atoms with Gasteiger partial charge in [0.15, 0.2) is 0 Å². The Balaban J connectivity index is 2.60. The van der Waals surface area contributed by atoms with E-state index in [1.165, 1.54) is 12.1 Å². The first-order chi connectivity index (χ1) is 8.45. The largest absolute Gasteiger partial charge is 0.462 e. The van der Waals surface area contributed by atoms with Gasteiger partial charge in [0.25, 0.3) is 10.1 Å². The predicted molar refractivity (Wildman–Crippen MR) is 66.1 cm³/mol. The van der Waals surface area contributed by atoms with Gasteiger partial charge in [-0.1, -0.05) is 19.8 Å². The highest BCUT2D eigenvalue weighted by Gasteiger charge is 2.11. The molecule has 0 aromatic heterocycles. The first-order valence-electron chi connectivity index (χ1n) is 5.70. The van der Waals surface area contributed by atoms with Crippen molar-refractivity contribution in [2.24, 2.45) is 0 Å². The van der Waals surface area contributed by atoms with Crippen LogP contribution in [0.1, 0.15) is 36.5 Å². The average Bonchev–Trinajstić information content (AvgIpc) is 2.33. The summed E-state index contributed by atoms with van der Waals surface area (Å²) in [5, 5.41) is 0. The highest BCUT2D eigenvalue weighted by Crippen LogP contribution is 2.11. The van der Waals surface area contributed by atoms with Crippen molar-refractivity contribution in [1.82, 2.24) is 0 Å². The van der Waals surface area contributed by atoms with Gasteiger partial charge in [-0.3, -0.25) is 4.55 Å². The number of carbonyl (C=O) groups is 1. The van der Waals surface area contributed by atoms with Gasteiger partial charge in [-0.2, -0.15) is 8.42 Å². The highest BCUT2D eigenvalue weighted by molar-refractivity contribution is 7.85. The van der Waals surface area contributed by atoms with Crippen LogP contribution in [-0.2, 0) is 14.9 Å². The van der Waals surface area contributed by atoms with Crippen LogP contribution in [0, 0.1) is 0 Å². The van der Waals surface area contributed by atoms with Crippen LogP contribution >= 0.6 is 0 Å². The molecule has 0 aliphatic heterocycles. The molecule has 5 nitrogen and oxygen atoms in total. The fourth-order valence-corrected chi connectivity index (χ4v) is 1.84. The quantitative estimate of drug-likeness (QED) is 0.488. The summed E-state index contributed by atoms with van der Waals surface area (Å²) in [6, 6.07) is 4.95. The highest BCUT2D eigenvalue weighted by atomic mass is 32.2. The minimum atomic E-state index is -4.22. The third-order valence-corrected chi connectivity index (χ3v) is 3.24. The summed E-state index contributed by atoms with van der Waals surface area (Å²) in [7, 11) is -4.22. The first kappa shape index (κ1) is 14.7. The van der Waals surface area contributed by atoms with Crippen molar-refractivity contribution in [3.63, 3.8) is 0 Å². The lowest BCUT2D eigenvalue weighted by molar-refractivity contribution is 0.0498. The molecule has 0 spiro atoms. The van der Waals surface area contributed by atoms with E-state index in [0.717, 1.165) is 31.4 Å². The molecule has 0 radical (unpaired) electrons. The van der Waals surface area contributed by atoms with Crippen molar-refractivity contribution >= 4 is 16.1 Å². The summed E-state index contributed by atoms with van der Waals surface area (Å²) in [4.78, 5) is 11.3. The zero-order valence-electron chi connectivity index (χ0n) is 10.1. The number of hydrogen-bond donors (Lipinski definition) is 1. The molecule has 18 heavy (non-hydrogen) atoms. The summed E-state index contributed by atoms with van der Waals surface area (Å²) in [5.74, 6) is -0.493. The molecule has 0 saturated carbocycles. The van der Waals surface area contributed by atoms with E-state index in [-0.39, 0.29) is 10.5 Å². The second-order valence-corrected chi connectivity index (χ2v) is 5.26. The van der Waals surface area contributed by atoms with Crippen LogP contribution in [-0.4, -0.2) is 25.5 Å². The lowest BCUT2D eigenvalue weighted by Gasteiger charge is -2.04. The van der Waals surface area contributed by atoms with E-state index in [0.29, 0.717) is 6.61 Å². The van der Waals surface area contributed by atoms with Crippen LogP contribution in [0.4, 0.5) is 0 Å². The Bertz CT molecular complexity index is 490. The Morgan fingerprint density at radius 2 is 1.83 bits per heavy atom. The lowest BCUT2D eigenvalue weighted by Crippen LogP contribution is -2.07. The number of esters is 1. The average molecular weight is 272 g/mol.